The van der Waals surface area contributed by atoms with Gasteiger partial charge in [-0.25, -0.2) is 12.7 Å². The number of ether oxygens (including phenoxy) is 1. The van der Waals surface area contributed by atoms with Crippen LogP contribution in [0.4, 0.5) is 5.69 Å². The van der Waals surface area contributed by atoms with Crippen molar-refractivity contribution < 1.29 is 17.9 Å². The van der Waals surface area contributed by atoms with Gasteiger partial charge in [0, 0.05) is 26.4 Å². The maximum atomic E-state index is 12.3. The lowest BCUT2D eigenvalue weighted by atomic mass is 10.1. The van der Waals surface area contributed by atoms with Gasteiger partial charge in [-0.1, -0.05) is 0 Å². The Morgan fingerprint density at radius 2 is 2.00 bits per heavy atom. The fourth-order valence-electron chi connectivity index (χ4n) is 2.31. The molecular formula is C15H22N2O4S. The highest BCUT2D eigenvalue weighted by Gasteiger charge is 2.25. The molecule has 22 heavy (non-hydrogen) atoms. The van der Waals surface area contributed by atoms with E-state index in [1.54, 1.807) is 6.07 Å². The molecule has 6 nitrogen and oxygen atoms in total. The molecule has 0 spiro atoms. The standard InChI is InChI=1S/C15H22N2O4S/c1-10-8-12(22(19,20)17(3)4)9-13(11(10)2)16-15(18)14-6-5-7-21-14/h8-9,14H,5-7H2,1-4H3,(H,16,18). The van der Waals surface area contributed by atoms with Gasteiger partial charge in [0.25, 0.3) is 5.91 Å². The third-order valence-electron chi connectivity index (χ3n) is 3.90. The molecule has 1 N–H and O–H groups in total. The number of hydrogen-bond acceptors (Lipinski definition) is 4. The van der Waals surface area contributed by atoms with E-state index < -0.39 is 16.1 Å². The lowest BCUT2D eigenvalue weighted by Gasteiger charge is -2.17. The van der Waals surface area contributed by atoms with Crippen LogP contribution in [0.1, 0.15) is 24.0 Å². The van der Waals surface area contributed by atoms with Gasteiger partial charge in [-0.15, -0.1) is 0 Å². The lowest BCUT2D eigenvalue weighted by Crippen LogP contribution is -2.28. The number of aryl methyl sites for hydroxylation is 1. The Kier molecular flexibility index (Phi) is 4.89. The summed E-state index contributed by atoms with van der Waals surface area (Å²) in [5.74, 6) is -0.223. The van der Waals surface area contributed by atoms with Crippen LogP contribution in [0, 0.1) is 13.8 Å². The summed E-state index contributed by atoms with van der Waals surface area (Å²) in [6.45, 7) is 4.27. The molecule has 1 aromatic carbocycles. The van der Waals surface area contributed by atoms with Crippen LogP contribution in [0.3, 0.4) is 0 Å². The highest BCUT2D eigenvalue weighted by molar-refractivity contribution is 7.89. The molecule has 1 unspecified atom stereocenters. The predicted molar refractivity (Wildman–Crippen MR) is 84.4 cm³/mol. The predicted octanol–water partition coefficient (Wildman–Crippen LogP) is 1.67. The van der Waals surface area contributed by atoms with E-state index in [1.165, 1.54) is 20.2 Å². The number of anilines is 1. The summed E-state index contributed by atoms with van der Waals surface area (Å²) in [7, 11) is -0.580. The maximum absolute atomic E-state index is 12.3. The Bertz CT molecular complexity index is 677. The number of rotatable bonds is 4. The third kappa shape index (κ3) is 3.31. The smallest absolute Gasteiger partial charge is 0.253 e. The normalized spacial score (nSPS) is 18.7. The summed E-state index contributed by atoms with van der Waals surface area (Å²) in [6.07, 6.45) is 1.11. The van der Waals surface area contributed by atoms with E-state index in [-0.39, 0.29) is 10.8 Å². The van der Waals surface area contributed by atoms with E-state index in [2.05, 4.69) is 5.32 Å². The number of nitrogens with zero attached hydrogens (tertiary/aromatic N) is 1. The van der Waals surface area contributed by atoms with Crippen molar-refractivity contribution in [3.63, 3.8) is 0 Å². The first-order valence-electron chi connectivity index (χ1n) is 7.19. The number of carbonyl (C=O) groups excluding carboxylic acids is 1. The summed E-state index contributed by atoms with van der Waals surface area (Å²) in [4.78, 5) is 12.3. The molecule has 0 bridgehead atoms. The molecule has 1 fully saturated rings. The van der Waals surface area contributed by atoms with E-state index in [1.807, 2.05) is 13.8 Å². The van der Waals surface area contributed by atoms with Crippen molar-refractivity contribution in [2.75, 3.05) is 26.0 Å². The second-order valence-electron chi connectivity index (χ2n) is 5.69. The number of carbonyl (C=O) groups is 1. The topological polar surface area (TPSA) is 75.7 Å². The molecule has 122 valence electrons. The van der Waals surface area contributed by atoms with Gasteiger partial charge < -0.3 is 10.1 Å². The van der Waals surface area contributed by atoms with Crippen molar-refractivity contribution in [3.8, 4) is 0 Å². The van der Waals surface area contributed by atoms with Crippen molar-refractivity contribution in [1.29, 1.82) is 0 Å². The molecule has 0 radical (unpaired) electrons. The Labute approximate surface area is 131 Å². The monoisotopic (exact) mass is 326 g/mol. The van der Waals surface area contributed by atoms with Gasteiger partial charge in [-0.2, -0.15) is 0 Å². The Hall–Kier alpha value is -1.44. The molecule has 1 aromatic rings. The maximum Gasteiger partial charge on any atom is 0.253 e. The first-order valence-corrected chi connectivity index (χ1v) is 8.63. The largest absolute Gasteiger partial charge is 0.368 e. The molecule has 0 aliphatic carbocycles. The molecule has 1 saturated heterocycles. The van der Waals surface area contributed by atoms with Crippen molar-refractivity contribution in [2.24, 2.45) is 0 Å². The van der Waals surface area contributed by atoms with E-state index >= 15 is 0 Å². The quantitative estimate of drug-likeness (QED) is 0.913. The van der Waals surface area contributed by atoms with Crippen molar-refractivity contribution in [1.82, 2.24) is 4.31 Å². The molecule has 1 heterocycles. The van der Waals surface area contributed by atoms with Gasteiger partial charge in [0.2, 0.25) is 10.0 Å². The third-order valence-corrected chi connectivity index (χ3v) is 5.69. The average Bonchev–Trinajstić information content (AvgIpc) is 2.97. The van der Waals surface area contributed by atoms with E-state index in [0.29, 0.717) is 18.7 Å². The molecule has 2 rings (SSSR count). The van der Waals surface area contributed by atoms with E-state index in [0.717, 1.165) is 21.9 Å². The molecule has 1 aliphatic heterocycles. The molecule has 1 amide bonds. The van der Waals surface area contributed by atoms with Gasteiger partial charge in [0.1, 0.15) is 6.10 Å². The number of benzene rings is 1. The van der Waals surface area contributed by atoms with Gasteiger partial charge in [0.05, 0.1) is 4.90 Å². The molecule has 7 heteroatoms. The van der Waals surface area contributed by atoms with Crippen LogP contribution >= 0.6 is 0 Å². The van der Waals surface area contributed by atoms with Gasteiger partial charge in [-0.05, 0) is 49.9 Å². The van der Waals surface area contributed by atoms with Crippen LogP contribution in [-0.2, 0) is 19.6 Å². The summed E-state index contributed by atoms with van der Waals surface area (Å²) in [6, 6.07) is 3.12. The first kappa shape index (κ1) is 16.9. The fraction of sp³-hybridized carbons (Fsp3) is 0.533. The SMILES string of the molecule is Cc1cc(S(=O)(=O)N(C)C)cc(NC(=O)C2CCCO2)c1C. The minimum Gasteiger partial charge on any atom is -0.368 e. The van der Waals surface area contributed by atoms with Crippen molar-refractivity contribution in [3.05, 3.63) is 23.3 Å². The molecular weight excluding hydrogens is 304 g/mol. The van der Waals surface area contributed by atoms with Crippen LogP contribution in [-0.4, -0.2) is 45.4 Å². The van der Waals surface area contributed by atoms with Crippen LogP contribution in [0.2, 0.25) is 0 Å². The number of nitrogens with one attached hydrogen (secondary N) is 1. The average molecular weight is 326 g/mol. The van der Waals surface area contributed by atoms with Crippen LogP contribution in [0.25, 0.3) is 0 Å². The zero-order valence-corrected chi connectivity index (χ0v) is 14.2. The summed E-state index contributed by atoms with van der Waals surface area (Å²) in [5, 5.41) is 2.80. The second kappa shape index (κ2) is 6.36. The Balaban J connectivity index is 2.35. The summed E-state index contributed by atoms with van der Waals surface area (Å²) >= 11 is 0. The minimum absolute atomic E-state index is 0.170. The lowest BCUT2D eigenvalue weighted by molar-refractivity contribution is -0.124. The Morgan fingerprint density at radius 3 is 2.55 bits per heavy atom. The van der Waals surface area contributed by atoms with Crippen LogP contribution in [0.5, 0.6) is 0 Å². The van der Waals surface area contributed by atoms with Crippen LogP contribution < -0.4 is 5.32 Å². The van der Waals surface area contributed by atoms with E-state index in [4.69, 9.17) is 4.74 Å². The molecule has 1 aliphatic rings. The van der Waals surface area contributed by atoms with Gasteiger partial charge in [0.15, 0.2) is 0 Å². The highest BCUT2D eigenvalue weighted by Crippen LogP contribution is 2.26. The molecule has 1 atom stereocenters. The minimum atomic E-state index is -3.54. The summed E-state index contributed by atoms with van der Waals surface area (Å²) in [5.41, 5.74) is 2.18. The number of sulfonamides is 1. The van der Waals surface area contributed by atoms with Gasteiger partial charge >= 0.3 is 0 Å². The van der Waals surface area contributed by atoms with E-state index in [9.17, 15) is 13.2 Å². The van der Waals surface area contributed by atoms with Crippen LogP contribution in [0.15, 0.2) is 17.0 Å². The summed E-state index contributed by atoms with van der Waals surface area (Å²) < 4.78 is 31.1. The second-order valence-corrected chi connectivity index (χ2v) is 7.84. The molecule has 0 saturated carbocycles. The molecule has 0 aromatic heterocycles. The fourth-order valence-corrected chi connectivity index (χ4v) is 3.33. The number of amides is 1. The zero-order chi connectivity index (χ0) is 16.5. The van der Waals surface area contributed by atoms with Gasteiger partial charge in [-0.3, -0.25) is 4.79 Å². The Morgan fingerprint density at radius 1 is 1.32 bits per heavy atom. The zero-order valence-electron chi connectivity index (χ0n) is 13.3. The van der Waals surface area contributed by atoms with Crippen molar-refractivity contribution >= 4 is 21.6 Å². The number of hydrogen-bond donors (Lipinski definition) is 1. The van der Waals surface area contributed by atoms with Crippen molar-refractivity contribution in [2.45, 2.75) is 37.7 Å². The highest BCUT2D eigenvalue weighted by atomic mass is 32.2. The first-order chi connectivity index (χ1) is 10.2.